The van der Waals surface area contributed by atoms with E-state index in [1.54, 1.807) is 21.3 Å². The second-order valence-electron chi connectivity index (χ2n) is 5.88. The molecule has 1 aliphatic carbocycles. The lowest BCUT2D eigenvalue weighted by Crippen LogP contribution is -2.42. The Bertz CT molecular complexity index is 557. The van der Waals surface area contributed by atoms with Crippen LogP contribution in [0.4, 0.5) is 0 Å². The van der Waals surface area contributed by atoms with Crippen LogP contribution >= 0.6 is 0 Å². The third kappa shape index (κ3) is 7.28. The smallest absolute Gasteiger partial charge is 0.414 e. The Kier molecular flexibility index (Phi) is 9.46. The van der Waals surface area contributed by atoms with Gasteiger partial charge in [-0.3, -0.25) is 0 Å². The van der Waals surface area contributed by atoms with E-state index in [-0.39, 0.29) is 0 Å². The van der Waals surface area contributed by atoms with Crippen molar-refractivity contribution in [3.8, 4) is 11.5 Å². The molecule has 146 valence electrons. The summed E-state index contributed by atoms with van der Waals surface area (Å²) in [6.07, 6.45) is 5.20. The molecule has 8 nitrogen and oxygen atoms in total. The third-order valence-corrected chi connectivity index (χ3v) is 4.17. The number of aliphatic carboxylic acids is 2. The highest BCUT2D eigenvalue weighted by Gasteiger charge is 2.24. The number of methoxy groups -OCH3 is 3. The van der Waals surface area contributed by atoms with Gasteiger partial charge in [-0.15, -0.1) is 0 Å². The van der Waals surface area contributed by atoms with Crippen LogP contribution in [-0.4, -0.2) is 55.6 Å². The van der Waals surface area contributed by atoms with Crippen LogP contribution in [0.25, 0.3) is 0 Å². The normalized spacial score (nSPS) is 19.0. The number of hydrogen-bond donors (Lipinski definition) is 3. The van der Waals surface area contributed by atoms with Gasteiger partial charge in [0, 0.05) is 25.8 Å². The molecule has 0 amide bonds. The van der Waals surface area contributed by atoms with Crippen LogP contribution in [0.1, 0.15) is 31.2 Å². The molecule has 8 heteroatoms. The number of carbonyl (C=O) groups is 2. The van der Waals surface area contributed by atoms with Crippen molar-refractivity contribution in [2.45, 2.75) is 44.4 Å². The molecule has 1 saturated carbocycles. The number of carboxylic acids is 2. The zero-order chi connectivity index (χ0) is 19.5. The molecule has 0 spiro atoms. The van der Waals surface area contributed by atoms with Gasteiger partial charge in [0.1, 0.15) is 11.5 Å². The fraction of sp³-hybridized carbons (Fsp3) is 0.556. The highest BCUT2D eigenvalue weighted by Crippen LogP contribution is 2.24. The molecule has 0 aromatic heterocycles. The molecule has 2 rings (SSSR count). The maximum Gasteiger partial charge on any atom is 0.414 e. The molecular weight excluding hydrogens is 342 g/mol. The van der Waals surface area contributed by atoms with E-state index in [0.717, 1.165) is 24.5 Å². The van der Waals surface area contributed by atoms with Gasteiger partial charge in [-0.2, -0.15) is 0 Å². The molecule has 2 atom stereocenters. The predicted octanol–water partition coefficient (Wildman–Crippen LogP) is 1.91. The second-order valence-corrected chi connectivity index (χ2v) is 5.88. The van der Waals surface area contributed by atoms with Gasteiger partial charge < -0.3 is 29.7 Å². The lowest BCUT2D eigenvalue weighted by atomic mass is 9.92. The minimum Gasteiger partial charge on any atom is -0.497 e. The molecule has 1 aromatic carbocycles. The standard InChI is InChI=1S/C16H25NO3.C2H2O4/c1-18-13-8-12(9-14(10-13)19-2)11-17-15-6-4-5-7-16(15)20-3;3-1(4)2(5)6/h8-10,15-17H,4-7,11H2,1-3H3;(H,3,4)(H,5,6). The van der Waals surface area contributed by atoms with Gasteiger partial charge in [0.05, 0.1) is 20.3 Å². The summed E-state index contributed by atoms with van der Waals surface area (Å²) < 4.78 is 16.2. The van der Waals surface area contributed by atoms with Crippen molar-refractivity contribution in [1.29, 1.82) is 0 Å². The average molecular weight is 369 g/mol. The predicted molar refractivity (Wildman–Crippen MR) is 94.7 cm³/mol. The molecule has 26 heavy (non-hydrogen) atoms. The molecule has 0 radical (unpaired) electrons. The lowest BCUT2D eigenvalue weighted by molar-refractivity contribution is -0.159. The van der Waals surface area contributed by atoms with E-state index in [0.29, 0.717) is 12.1 Å². The van der Waals surface area contributed by atoms with E-state index >= 15 is 0 Å². The van der Waals surface area contributed by atoms with Crippen LogP contribution in [0.15, 0.2) is 18.2 Å². The molecule has 2 unspecified atom stereocenters. The van der Waals surface area contributed by atoms with Gasteiger partial charge in [0.25, 0.3) is 0 Å². The molecule has 1 aliphatic rings. The van der Waals surface area contributed by atoms with E-state index in [1.165, 1.54) is 24.8 Å². The van der Waals surface area contributed by atoms with Gasteiger partial charge in [-0.1, -0.05) is 12.8 Å². The zero-order valence-corrected chi connectivity index (χ0v) is 15.4. The van der Waals surface area contributed by atoms with Crippen molar-refractivity contribution in [2.75, 3.05) is 21.3 Å². The molecule has 0 heterocycles. The number of carboxylic acid groups (broad SMARTS) is 2. The third-order valence-electron chi connectivity index (χ3n) is 4.17. The van der Waals surface area contributed by atoms with Crippen LogP contribution in [0.2, 0.25) is 0 Å². The fourth-order valence-corrected chi connectivity index (χ4v) is 2.83. The highest BCUT2D eigenvalue weighted by atomic mass is 16.5. The largest absolute Gasteiger partial charge is 0.497 e. The monoisotopic (exact) mass is 369 g/mol. The Hall–Kier alpha value is -2.32. The first kappa shape index (κ1) is 21.7. The topological polar surface area (TPSA) is 114 Å². The summed E-state index contributed by atoms with van der Waals surface area (Å²) in [6, 6.07) is 6.41. The minimum atomic E-state index is -1.82. The summed E-state index contributed by atoms with van der Waals surface area (Å²) in [5.74, 6) is -1.99. The number of rotatable bonds is 6. The van der Waals surface area contributed by atoms with E-state index in [9.17, 15) is 0 Å². The molecule has 0 saturated heterocycles. The molecule has 0 aliphatic heterocycles. The second kappa shape index (κ2) is 11.3. The van der Waals surface area contributed by atoms with E-state index in [1.807, 2.05) is 18.2 Å². The summed E-state index contributed by atoms with van der Waals surface area (Å²) >= 11 is 0. The van der Waals surface area contributed by atoms with Crippen LogP contribution in [0, 0.1) is 0 Å². The Morgan fingerprint density at radius 2 is 1.54 bits per heavy atom. The van der Waals surface area contributed by atoms with E-state index < -0.39 is 11.9 Å². The molecule has 0 bridgehead atoms. The first-order chi connectivity index (χ1) is 12.4. The van der Waals surface area contributed by atoms with Crippen LogP contribution in [0.3, 0.4) is 0 Å². The first-order valence-electron chi connectivity index (χ1n) is 8.35. The summed E-state index contributed by atoms with van der Waals surface area (Å²) in [5.41, 5.74) is 1.17. The summed E-state index contributed by atoms with van der Waals surface area (Å²) in [7, 11) is 5.15. The van der Waals surface area contributed by atoms with Crippen molar-refractivity contribution < 1.29 is 34.0 Å². The van der Waals surface area contributed by atoms with Crippen molar-refractivity contribution in [2.24, 2.45) is 0 Å². The average Bonchev–Trinajstić information content (AvgIpc) is 2.66. The van der Waals surface area contributed by atoms with Crippen molar-refractivity contribution in [3.05, 3.63) is 23.8 Å². The van der Waals surface area contributed by atoms with Gasteiger partial charge in [-0.05, 0) is 30.5 Å². The summed E-state index contributed by atoms with van der Waals surface area (Å²) in [5, 5.41) is 18.4. The summed E-state index contributed by atoms with van der Waals surface area (Å²) in [4.78, 5) is 18.2. The zero-order valence-electron chi connectivity index (χ0n) is 15.4. The van der Waals surface area contributed by atoms with Crippen molar-refractivity contribution >= 4 is 11.9 Å². The highest BCUT2D eigenvalue weighted by molar-refractivity contribution is 6.27. The fourth-order valence-electron chi connectivity index (χ4n) is 2.83. The Morgan fingerprint density at radius 3 is 2.00 bits per heavy atom. The van der Waals surface area contributed by atoms with E-state index in [2.05, 4.69) is 5.32 Å². The van der Waals surface area contributed by atoms with Gasteiger partial charge in [0.15, 0.2) is 0 Å². The Balaban J connectivity index is 0.000000487. The maximum absolute atomic E-state index is 9.10. The quantitative estimate of drug-likeness (QED) is 0.652. The van der Waals surface area contributed by atoms with Gasteiger partial charge in [-0.25, -0.2) is 9.59 Å². The van der Waals surface area contributed by atoms with Crippen LogP contribution in [-0.2, 0) is 20.9 Å². The van der Waals surface area contributed by atoms with Crippen molar-refractivity contribution in [1.82, 2.24) is 5.32 Å². The lowest BCUT2D eigenvalue weighted by Gasteiger charge is -2.31. The first-order valence-corrected chi connectivity index (χ1v) is 8.35. The number of hydrogen-bond acceptors (Lipinski definition) is 6. The van der Waals surface area contributed by atoms with Gasteiger partial charge >= 0.3 is 11.9 Å². The maximum atomic E-state index is 9.10. The van der Waals surface area contributed by atoms with Crippen molar-refractivity contribution in [3.63, 3.8) is 0 Å². The molecule has 1 aromatic rings. The van der Waals surface area contributed by atoms with Crippen LogP contribution < -0.4 is 14.8 Å². The minimum absolute atomic E-state index is 0.330. The summed E-state index contributed by atoms with van der Waals surface area (Å²) in [6.45, 7) is 0.804. The van der Waals surface area contributed by atoms with Crippen LogP contribution in [0.5, 0.6) is 11.5 Å². The SMILES string of the molecule is COc1cc(CNC2CCCCC2OC)cc(OC)c1.O=C(O)C(=O)O. The van der Waals surface area contributed by atoms with Gasteiger partial charge in [0.2, 0.25) is 0 Å². The molecular formula is C18H27NO7. The number of benzene rings is 1. The van der Waals surface area contributed by atoms with E-state index in [4.69, 9.17) is 34.0 Å². The molecule has 1 fully saturated rings. The molecule has 3 N–H and O–H groups in total. The number of ether oxygens (including phenoxy) is 3. The number of nitrogens with one attached hydrogen (secondary N) is 1. The Labute approximate surface area is 153 Å². The Morgan fingerprint density at radius 1 is 1.00 bits per heavy atom.